The van der Waals surface area contributed by atoms with Gasteiger partial charge in [0.2, 0.25) is 0 Å². The number of ether oxygens (including phenoxy) is 1. The van der Waals surface area contributed by atoms with Gasteiger partial charge in [0, 0.05) is 18.3 Å². The number of hydrogen-bond donors (Lipinski definition) is 1. The number of hydrogen-bond acceptors (Lipinski definition) is 3. The summed E-state index contributed by atoms with van der Waals surface area (Å²) in [6, 6.07) is 10.5. The van der Waals surface area contributed by atoms with Crippen molar-refractivity contribution in [1.29, 1.82) is 0 Å². The molecule has 0 fully saturated rings. The standard InChI is InChI=1S/C16H19FN2O/c1-12(2)20-15-8-14(9-19-10-15)16(17,11-18)13-6-4-3-5-7-13/h3-10,12H,11,18H2,1-2H3. The summed E-state index contributed by atoms with van der Waals surface area (Å²) in [6.07, 6.45) is 3.08. The molecule has 0 bridgehead atoms. The Morgan fingerprint density at radius 3 is 2.50 bits per heavy atom. The fourth-order valence-electron chi connectivity index (χ4n) is 2.08. The summed E-state index contributed by atoms with van der Waals surface area (Å²) >= 11 is 0. The van der Waals surface area contributed by atoms with Gasteiger partial charge in [-0.05, 0) is 25.5 Å². The molecular formula is C16H19FN2O. The molecule has 3 nitrogen and oxygen atoms in total. The van der Waals surface area contributed by atoms with E-state index in [1.807, 2.05) is 19.9 Å². The number of pyridine rings is 1. The van der Waals surface area contributed by atoms with E-state index in [2.05, 4.69) is 4.98 Å². The molecule has 1 atom stereocenters. The zero-order chi connectivity index (χ0) is 14.6. The van der Waals surface area contributed by atoms with Crippen LogP contribution in [-0.4, -0.2) is 17.6 Å². The zero-order valence-corrected chi connectivity index (χ0v) is 11.7. The van der Waals surface area contributed by atoms with E-state index in [-0.39, 0.29) is 12.6 Å². The highest BCUT2D eigenvalue weighted by Gasteiger charge is 2.33. The van der Waals surface area contributed by atoms with E-state index in [0.29, 0.717) is 16.9 Å². The van der Waals surface area contributed by atoms with Gasteiger partial charge in [0.05, 0.1) is 12.3 Å². The van der Waals surface area contributed by atoms with Crippen molar-refractivity contribution < 1.29 is 9.13 Å². The topological polar surface area (TPSA) is 48.1 Å². The molecule has 2 rings (SSSR count). The highest BCUT2D eigenvalue weighted by atomic mass is 19.1. The van der Waals surface area contributed by atoms with E-state index in [9.17, 15) is 0 Å². The zero-order valence-electron chi connectivity index (χ0n) is 11.7. The van der Waals surface area contributed by atoms with Crippen LogP contribution in [0.25, 0.3) is 0 Å². The van der Waals surface area contributed by atoms with Crippen molar-refractivity contribution in [3.05, 3.63) is 59.9 Å². The maximum absolute atomic E-state index is 15.3. The molecular weight excluding hydrogens is 255 g/mol. The molecule has 1 aromatic heterocycles. The van der Waals surface area contributed by atoms with Crippen LogP contribution in [-0.2, 0) is 5.67 Å². The van der Waals surface area contributed by atoms with Gasteiger partial charge < -0.3 is 10.5 Å². The first-order valence-electron chi connectivity index (χ1n) is 6.63. The maximum atomic E-state index is 15.3. The summed E-state index contributed by atoms with van der Waals surface area (Å²) in [5.41, 5.74) is 4.85. The molecule has 0 saturated carbocycles. The van der Waals surface area contributed by atoms with Gasteiger partial charge in [-0.2, -0.15) is 0 Å². The van der Waals surface area contributed by atoms with Gasteiger partial charge in [-0.15, -0.1) is 0 Å². The number of aromatic nitrogens is 1. The Balaban J connectivity index is 2.41. The molecule has 2 N–H and O–H groups in total. The molecule has 0 saturated heterocycles. The summed E-state index contributed by atoms with van der Waals surface area (Å²) in [6.45, 7) is 3.68. The average Bonchev–Trinajstić information content (AvgIpc) is 2.47. The largest absolute Gasteiger partial charge is 0.489 e. The number of nitrogens with two attached hydrogens (primary N) is 1. The SMILES string of the molecule is CC(C)Oc1cncc(C(F)(CN)c2ccccc2)c1. The third-order valence-electron chi connectivity index (χ3n) is 3.06. The highest BCUT2D eigenvalue weighted by molar-refractivity contribution is 5.38. The Hall–Kier alpha value is -1.94. The van der Waals surface area contributed by atoms with Gasteiger partial charge in [0.25, 0.3) is 0 Å². The Morgan fingerprint density at radius 1 is 1.20 bits per heavy atom. The van der Waals surface area contributed by atoms with Crippen LogP contribution in [0.1, 0.15) is 25.0 Å². The molecule has 0 radical (unpaired) electrons. The van der Waals surface area contributed by atoms with Crippen LogP contribution in [0.2, 0.25) is 0 Å². The Bertz CT molecular complexity index is 559. The quantitative estimate of drug-likeness (QED) is 0.911. The number of nitrogens with zero attached hydrogens (tertiary/aromatic N) is 1. The summed E-state index contributed by atoms with van der Waals surface area (Å²) in [7, 11) is 0. The molecule has 4 heteroatoms. The Labute approximate surface area is 118 Å². The van der Waals surface area contributed by atoms with Crippen LogP contribution in [0.15, 0.2) is 48.8 Å². The van der Waals surface area contributed by atoms with Crippen LogP contribution in [0.3, 0.4) is 0 Å². The number of benzene rings is 1. The maximum Gasteiger partial charge on any atom is 0.174 e. The predicted molar refractivity (Wildman–Crippen MR) is 77.4 cm³/mol. The first-order valence-corrected chi connectivity index (χ1v) is 6.63. The van der Waals surface area contributed by atoms with Crippen molar-refractivity contribution in [2.75, 3.05) is 6.54 Å². The summed E-state index contributed by atoms with van der Waals surface area (Å²) in [5.74, 6) is 0.545. The van der Waals surface area contributed by atoms with Crippen molar-refractivity contribution in [2.24, 2.45) is 5.73 Å². The van der Waals surface area contributed by atoms with Gasteiger partial charge in [-0.25, -0.2) is 4.39 Å². The second-order valence-electron chi connectivity index (χ2n) is 4.95. The van der Waals surface area contributed by atoms with Crippen molar-refractivity contribution in [1.82, 2.24) is 4.98 Å². The molecule has 1 unspecified atom stereocenters. The van der Waals surface area contributed by atoms with Crippen molar-refractivity contribution >= 4 is 0 Å². The lowest BCUT2D eigenvalue weighted by molar-refractivity contribution is 0.223. The lowest BCUT2D eigenvalue weighted by Gasteiger charge is -2.25. The van der Waals surface area contributed by atoms with E-state index in [1.165, 1.54) is 6.20 Å². The van der Waals surface area contributed by atoms with Gasteiger partial charge in [-0.1, -0.05) is 30.3 Å². The van der Waals surface area contributed by atoms with Gasteiger partial charge >= 0.3 is 0 Å². The van der Waals surface area contributed by atoms with Crippen LogP contribution >= 0.6 is 0 Å². The van der Waals surface area contributed by atoms with Crippen molar-refractivity contribution in [3.8, 4) is 5.75 Å². The summed E-state index contributed by atoms with van der Waals surface area (Å²) in [5, 5.41) is 0. The first-order chi connectivity index (χ1) is 9.56. The minimum Gasteiger partial charge on any atom is -0.489 e. The second-order valence-corrected chi connectivity index (χ2v) is 4.95. The predicted octanol–water partition coefficient (Wildman–Crippen LogP) is 3.04. The molecule has 1 heterocycles. The molecule has 0 aliphatic rings. The van der Waals surface area contributed by atoms with Crippen LogP contribution in [0, 0.1) is 0 Å². The third kappa shape index (κ3) is 2.96. The lowest BCUT2D eigenvalue weighted by atomic mass is 9.89. The third-order valence-corrected chi connectivity index (χ3v) is 3.06. The Morgan fingerprint density at radius 2 is 1.90 bits per heavy atom. The molecule has 0 amide bonds. The molecule has 0 aliphatic carbocycles. The van der Waals surface area contributed by atoms with E-state index in [1.54, 1.807) is 36.5 Å². The molecule has 106 valence electrons. The van der Waals surface area contributed by atoms with Gasteiger partial charge in [0.15, 0.2) is 5.67 Å². The minimum absolute atomic E-state index is 0.00987. The molecule has 1 aromatic carbocycles. The van der Waals surface area contributed by atoms with Crippen molar-refractivity contribution in [3.63, 3.8) is 0 Å². The van der Waals surface area contributed by atoms with E-state index in [0.717, 1.165) is 0 Å². The molecule has 20 heavy (non-hydrogen) atoms. The molecule has 2 aromatic rings. The minimum atomic E-state index is -1.76. The Kier molecular flexibility index (Phi) is 4.35. The smallest absolute Gasteiger partial charge is 0.174 e. The van der Waals surface area contributed by atoms with Crippen LogP contribution in [0.5, 0.6) is 5.75 Å². The fourth-order valence-corrected chi connectivity index (χ4v) is 2.08. The van der Waals surface area contributed by atoms with Crippen LogP contribution in [0.4, 0.5) is 4.39 Å². The lowest BCUT2D eigenvalue weighted by Crippen LogP contribution is -2.31. The monoisotopic (exact) mass is 274 g/mol. The first kappa shape index (κ1) is 14.5. The number of halogens is 1. The summed E-state index contributed by atoms with van der Waals surface area (Å²) < 4.78 is 20.8. The van der Waals surface area contributed by atoms with Gasteiger partial charge in [0.1, 0.15) is 5.75 Å². The second kappa shape index (κ2) is 6.01. The average molecular weight is 274 g/mol. The van der Waals surface area contributed by atoms with Crippen molar-refractivity contribution in [2.45, 2.75) is 25.6 Å². The van der Waals surface area contributed by atoms with E-state index in [4.69, 9.17) is 10.5 Å². The van der Waals surface area contributed by atoms with Crippen LogP contribution < -0.4 is 10.5 Å². The van der Waals surface area contributed by atoms with Gasteiger partial charge in [-0.3, -0.25) is 4.98 Å². The van der Waals surface area contributed by atoms with E-state index >= 15 is 4.39 Å². The highest BCUT2D eigenvalue weighted by Crippen LogP contribution is 2.34. The summed E-state index contributed by atoms with van der Waals surface area (Å²) in [4.78, 5) is 4.06. The molecule has 0 spiro atoms. The normalized spacial score (nSPS) is 14.1. The molecule has 0 aliphatic heterocycles. The fraction of sp³-hybridized carbons (Fsp3) is 0.312. The number of alkyl halides is 1. The van der Waals surface area contributed by atoms with E-state index < -0.39 is 5.67 Å². The number of rotatable bonds is 5.